The summed E-state index contributed by atoms with van der Waals surface area (Å²) in [6, 6.07) is 7.31. The first-order valence-electron chi connectivity index (χ1n) is 7.65. The Morgan fingerprint density at radius 3 is 2.73 bits per heavy atom. The molecule has 6 heteroatoms. The highest BCUT2D eigenvalue weighted by molar-refractivity contribution is 5.90. The molecule has 0 aromatic heterocycles. The van der Waals surface area contributed by atoms with Gasteiger partial charge in [0.05, 0.1) is 33.2 Å². The van der Waals surface area contributed by atoms with Crippen LogP contribution in [-0.4, -0.2) is 38.6 Å². The fourth-order valence-corrected chi connectivity index (χ4v) is 2.78. The molecule has 2 rings (SSSR count). The highest BCUT2D eigenvalue weighted by Gasteiger charge is 2.25. The fourth-order valence-electron chi connectivity index (χ4n) is 2.78. The number of quaternary nitrogens is 1. The van der Waals surface area contributed by atoms with Gasteiger partial charge >= 0.3 is 0 Å². The lowest BCUT2D eigenvalue weighted by molar-refractivity contribution is -0.905. The maximum Gasteiger partial charge on any atom is 0.230 e. The van der Waals surface area contributed by atoms with E-state index < -0.39 is 0 Å². The SMILES string of the molecule is COc1cccc(NC(=O)CC[NH+]2CCC(C(N)=O)CC2)c1. The maximum atomic E-state index is 12.0. The van der Waals surface area contributed by atoms with Crippen LogP contribution in [0, 0.1) is 5.92 Å². The first-order chi connectivity index (χ1) is 10.6. The van der Waals surface area contributed by atoms with Gasteiger partial charge in [-0.1, -0.05) is 6.07 Å². The maximum absolute atomic E-state index is 12.0. The lowest BCUT2D eigenvalue weighted by Gasteiger charge is -2.27. The van der Waals surface area contributed by atoms with Gasteiger partial charge < -0.3 is 20.7 Å². The number of methoxy groups -OCH3 is 1. The summed E-state index contributed by atoms with van der Waals surface area (Å²) in [5, 5.41) is 2.88. The molecule has 0 radical (unpaired) electrons. The predicted octanol–water partition coefficient (Wildman–Crippen LogP) is -0.196. The summed E-state index contributed by atoms with van der Waals surface area (Å²) < 4.78 is 5.13. The number of piperidine rings is 1. The molecular weight excluding hydrogens is 282 g/mol. The van der Waals surface area contributed by atoms with Gasteiger partial charge in [-0.3, -0.25) is 9.59 Å². The van der Waals surface area contributed by atoms with Crippen molar-refractivity contribution >= 4 is 17.5 Å². The molecule has 1 aliphatic heterocycles. The molecule has 0 atom stereocenters. The molecule has 0 spiro atoms. The number of likely N-dealkylation sites (tertiary alicyclic amines) is 1. The molecule has 2 amide bonds. The minimum atomic E-state index is -0.199. The average molecular weight is 306 g/mol. The third-order valence-electron chi connectivity index (χ3n) is 4.15. The van der Waals surface area contributed by atoms with Crippen LogP contribution in [0.15, 0.2) is 24.3 Å². The topological polar surface area (TPSA) is 85.9 Å². The van der Waals surface area contributed by atoms with Crippen molar-refractivity contribution < 1.29 is 19.2 Å². The zero-order valence-corrected chi connectivity index (χ0v) is 12.9. The molecule has 4 N–H and O–H groups in total. The Balaban J connectivity index is 1.73. The molecule has 1 aromatic carbocycles. The molecule has 1 fully saturated rings. The number of carbonyl (C=O) groups excluding carboxylic acids is 2. The third kappa shape index (κ3) is 4.73. The van der Waals surface area contributed by atoms with E-state index in [4.69, 9.17) is 10.5 Å². The monoisotopic (exact) mass is 306 g/mol. The molecule has 6 nitrogen and oxygen atoms in total. The number of primary amides is 1. The Kier molecular flexibility index (Phi) is 5.77. The van der Waals surface area contributed by atoms with Crippen molar-refractivity contribution in [1.29, 1.82) is 0 Å². The van der Waals surface area contributed by atoms with Crippen LogP contribution in [0.4, 0.5) is 5.69 Å². The van der Waals surface area contributed by atoms with Crippen molar-refractivity contribution in [2.24, 2.45) is 11.7 Å². The minimum absolute atomic E-state index is 0.00206. The van der Waals surface area contributed by atoms with E-state index in [0.717, 1.165) is 43.9 Å². The Bertz CT molecular complexity index is 525. The zero-order chi connectivity index (χ0) is 15.9. The molecule has 22 heavy (non-hydrogen) atoms. The van der Waals surface area contributed by atoms with Crippen LogP contribution in [0.1, 0.15) is 19.3 Å². The van der Waals surface area contributed by atoms with Crippen molar-refractivity contribution in [2.75, 3.05) is 32.1 Å². The number of hydrogen-bond acceptors (Lipinski definition) is 3. The summed E-state index contributed by atoms with van der Waals surface area (Å²) >= 11 is 0. The van der Waals surface area contributed by atoms with E-state index in [-0.39, 0.29) is 17.7 Å². The van der Waals surface area contributed by atoms with Crippen molar-refractivity contribution in [3.8, 4) is 5.75 Å². The number of hydrogen-bond donors (Lipinski definition) is 3. The summed E-state index contributed by atoms with van der Waals surface area (Å²) in [4.78, 5) is 24.5. The molecule has 0 saturated carbocycles. The van der Waals surface area contributed by atoms with Gasteiger partial charge in [0.1, 0.15) is 5.75 Å². The van der Waals surface area contributed by atoms with E-state index in [1.165, 1.54) is 4.90 Å². The van der Waals surface area contributed by atoms with Crippen LogP contribution >= 0.6 is 0 Å². The Labute approximate surface area is 130 Å². The van der Waals surface area contributed by atoms with Gasteiger partial charge in [-0.15, -0.1) is 0 Å². The third-order valence-corrected chi connectivity index (χ3v) is 4.15. The fraction of sp³-hybridized carbons (Fsp3) is 0.500. The summed E-state index contributed by atoms with van der Waals surface area (Å²) in [7, 11) is 1.60. The zero-order valence-electron chi connectivity index (χ0n) is 12.9. The van der Waals surface area contributed by atoms with E-state index in [1.807, 2.05) is 18.2 Å². The van der Waals surface area contributed by atoms with Crippen molar-refractivity contribution in [3.05, 3.63) is 24.3 Å². The van der Waals surface area contributed by atoms with Crippen LogP contribution in [0.25, 0.3) is 0 Å². The minimum Gasteiger partial charge on any atom is -0.497 e. The summed E-state index contributed by atoms with van der Waals surface area (Å²) in [6.45, 7) is 2.58. The molecule has 0 aliphatic carbocycles. The summed E-state index contributed by atoms with van der Waals surface area (Å²) in [5.41, 5.74) is 6.06. The second-order valence-electron chi connectivity index (χ2n) is 5.71. The number of amides is 2. The number of carbonyl (C=O) groups is 2. The van der Waals surface area contributed by atoms with Crippen molar-refractivity contribution in [3.63, 3.8) is 0 Å². The second kappa shape index (κ2) is 7.79. The van der Waals surface area contributed by atoms with Crippen LogP contribution in [0.3, 0.4) is 0 Å². The molecule has 1 saturated heterocycles. The van der Waals surface area contributed by atoms with Gasteiger partial charge in [-0.2, -0.15) is 0 Å². The largest absolute Gasteiger partial charge is 0.497 e. The first kappa shape index (κ1) is 16.3. The van der Waals surface area contributed by atoms with Gasteiger partial charge in [-0.05, 0) is 12.1 Å². The van der Waals surface area contributed by atoms with Crippen molar-refractivity contribution in [1.82, 2.24) is 0 Å². The van der Waals surface area contributed by atoms with Crippen LogP contribution in [0.2, 0.25) is 0 Å². The molecule has 120 valence electrons. The number of ether oxygens (including phenoxy) is 1. The highest BCUT2D eigenvalue weighted by atomic mass is 16.5. The van der Waals surface area contributed by atoms with E-state index in [0.29, 0.717) is 6.42 Å². The van der Waals surface area contributed by atoms with Gasteiger partial charge in [-0.25, -0.2) is 0 Å². The molecule has 0 unspecified atom stereocenters. The predicted molar refractivity (Wildman–Crippen MR) is 83.7 cm³/mol. The van der Waals surface area contributed by atoms with Gasteiger partial charge in [0, 0.05) is 30.5 Å². The quantitative estimate of drug-likeness (QED) is 0.680. The lowest BCUT2D eigenvalue weighted by atomic mass is 9.96. The molecule has 1 heterocycles. The molecular formula is C16H24N3O3+. The molecule has 1 aromatic rings. The Morgan fingerprint density at radius 1 is 1.36 bits per heavy atom. The summed E-state index contributed by atoms with van der Waals surface area (Å²) in [6.07, 6.45) is 2.11. The summed E-state index contributed by atoms with van der Waals surface area (Å²) in [5.74, 6) is 0.527. The number of nitrogens with one attached hydrogen (secondary N) is 2. The van der Waals surface area contributed by atoms with E-state index >= 15 is 0 Å². The van der Waals surface area contributed by atoms with Crippen LogP contribution in [-0.2, 0) is 9.59 Å². The van der Waals surface area contributed by atoms with Crippen LogP contribution in [0.5, 0.6) is 5.75 Å². The van der Waals surface area contributed by atoms with Gasteiger partial charge in [0.2, 0.25) is 11.8 Å². The standard InChI is InChI=1S/C16H23N3O3/c1-22-14-4-2-3-13(11-14)18-15(20)7-10-19-8-5-12(6-9-19)16(17)21/h2-4,11-12H,5-10H2,1H3,(H2,17,21)(H,18,20)/p+1. The van der Waals surface area contributed by atoms with E-state index in [2.05, 4.69) is 5.32 Å². The second-order valence-corrected chi connectivity index (χ2v) is 5.71. The number of rotatable bonds is 6. The Hall–Kier alpha value is -2.08. The first-order valence-corrected chi connectivity index (χ1v) is 7.65. The number of anilines is 1. The van der Waals surface area contributed by atoms with E-state index in [1.54, 1.807) is 13.2 Å². The van der Waals surface area contributed by atoms with Crippen molar-refractivity contribution in [2.45, 2.75) is 19.3 Å². The Morgan fingerprint density at radius 2 is 2.09 bits per heavy atom. The lowest BCUT2D eigenvalue weighted by Crippen LogP contribution is -3.13. The number of nitrogens with two attached hydrogens (primary N) is 1. The molecule has 0 bridgehead atoms. The van der Waals surface area contributed by atoms with Gasteiger partial charge in [0.15, 0.2) is 0 Å². The highest BCUT2D eigenvalue weighted by Crippen LogP contribution is 2.16. The smallest absolute Gasteiger partial charge is 0.230 e. The average Bonchev–Trinajstić information content (AvgIpc) is 2.53. The van der Waals surface area contributed by atoms with Gasteiger partial charge in [0.25, 0.3) is 0 Å². The number of benzene rings is 1. The molecule has 1 aliphatic rings. The van der Waals surface area contributed by atoms with E-state index in [9.17, 15) is 9.59 Å². The van der Waals surface area contributed by atoms with Crippen LogP contribution < -0.4 is 20.7 Å². The normalized spacial score (nSPS) is 21.1.